The Morgan fingerprint density at radius 2 is 1.88 bits per heavy atom. The van der Waals surface area contributed by atoms with E-state index >= 15 is 0 Å². The number of carbonyl (C=O) groups is 1. The van der Waals surface area contributed by atoms with E-state index in [1.807, 2.05) is 0 Å². The second-order valence-corrected chi connectivity index (χ2v) is 3.77. The zero-order valence-electron chi connectivity index (χ0n) is 9.38. The Morgan fingerprint density at radius 3 is 2.47 bits per heavy atom. The van der Waals surface area contributed by atoms with Crippen molar-refractivity contribution in [2.45, 2.75) is 13.8 Å². The number of aryl methyl sites for hydroxylation is 1. The third-order valence-electron chi connectivity index (χ3n) is 2.48. The van der Waals surface area contributed by atoms with Gasteiger partial charge in [-0.2, -0.15) is 0 Å². The van der Waals surface area contributed by atoms with E-state index < -0.39 is 11.6 Å². The third kappa shape index (κ3) is 1.98. The molecular weight excluding hydrogens is 226 g/mol. The predicted molar refractivity (Wildman–Crippen MR) is 58.8 cm³/mol. The van der Waals surface area contributed by atoms with Gasteiger partial charge in [0.1, 0.15) is 17.4 Å². The molecule has 0 saturated heterocycles. The Bertz CT molecular complexity index is 585. The molecule has 0 N–H and O–H groups in total. The molecule has 0 bridgehead atoms. The maximum absolute atomic E-state index is 13.8. The van der Waals surface area contributed by atoms with Crippen LogP contribution in [-0.4, -0.2) is 5.78 Å². The van der Waals surface area contributed by atoms with Gasteiger partial charge in [-0.1, -0.05) is 6.07 Å². The molecule has 0 aliphatic carbocycles. The summed E-state index contributed by atoms with van der Waals surface area (Å²) in [5.41, 5.74) is 0.0830. The minimum atomic E-state index is -0.711. The van der Waals surface area contributed by atoms with Crippen molar-refractivity contribution < 1.29 is 18.0 Å². The van der Waals surface area contributed by atoms with Gasteiger partial charge in [-0.25, -0.2) is 8.78 Å². The smallest absolute Gasteiger partial charge is 0.194 e. The molecule has 1 heterocycles. The summed E-state index contributed by atoms with van der Waals surface area (Å²) in [6.07, 6.45) is 0. The van der Waals surface area contributed by atoms with Gasteiger partial charge < -0.3 is 4.42 Å². The van der Waals surface area contributed by atoms with Crippen LogP contribution in [0.25, 0.3) is 11.3 Å². The maximum Gasteiger partial charge on any atom is 0.194 e. The molecule has 2 nitrogen and oxygen atoms in total. The minimum Gasteiger partial charge on any atom is -0.453 e. The van der Waals surface area contributed by atoms with Crippen LogP contribution >= 0.6 is 0 Å². The van der Waals surface area contributed by atoms with Crippen LogP contribution in [0.5, 0.6) is 0 Å². The number of rotatable bonds is 2. The number of ketones is 1. The van der Waals surface area contributed by atoms with Crippen molar-refractivity contribution in [3.8, 4) is 11.3 Å². The summed E-state index contributed by atoms with van der Waals surface area (Å²) in [5, 5.41) is 0. The summed E-state index contributed by atoms with van der Waals surface area (Å²) < 4.78 is 32.4. The number of Topliss-reactive ketones (excluding diaryl/α,β-unsaturated/α-hetero) is 1. The van der Waals surface area contributed by atoms with Crippen LogP contribution in [0.1, 0.15) is 23.0 Å². The van der Waals surface area contributed by atoms with Crippen LogP contribution in [0.3, 0.4) is 0 Å². The molecule has 0 unspecified atom stereocenters. The molecular formula is C13H10F2O2. The van der Waals surface area contributed by atoms with E-state index in [1.165, 1.54) is 38.1 Å². The predicted octanol–water partition coefficient (Wildman–Crippen LogP) is 3.74. The molecule has 88 valence electrons. The summed E-state index contributed by atoms with van der Waals surface area (Å²) in [7, 11) is 0. The Balaban J connectivity index is 2.60. The lowest BCUT2D eigenvalue weighted by molar-refractivity contribution is 0.0988. The first-order chi connectivity index (χ1) is 8.00. The largest absolute Gasteiger partial charge is 0.453 e. The molecule has 4 heteroatoms. The van der Waals surface area contributed by atoms with Crippen LogP contribution in [0.15, 0.2) is 28.7 Å². The van der Waals surface area contributed by atoms with Gasteiger partial charge in [0.2, 0.25) is 0 Å². The lowest BCUT2D eigenvalue weighted by atomic mass is 10.1. The Morgan fingerprint density at radius 1 is 1.18 bits per heavy atom. The summed E-state index contributed by atoms with van der Waals surface area (Å²) >= 11 is 0. The zero-order chi connectivity index (χ0) is 12.6. The lowest BCUT2D eigenvalue weighted by Gasteiger charge is -2.04. The first-order valence-corrected chi connectivity index (χ1v) is 5.06. The third-order valence-corrected chi connectivity index (χ3v) is 2.48. The number of carbonyl (C=O) groups excluding carboxylic acids is 1. The molecule has 0 aliphatic rings. The quantitative estimate of drug-likeness (QED) is 0.743. The number of benzene rings is 1. The molecule has 2 aromatic rings. The topological polar surface area (TPSA) is 30.2 Å². The van der Waals surface area contributed by atoms with Crippen molar-refractivity contribution in [1.29, 1.82) is 0 Å². The van der Waals surface area contributed by atoms with E-state index in [2.05, 4.69) is 0 Å². The molecule has 2 rings (SSSR count). The van der Waals surface area contributed by atoms with Crippen molar-refractivity contribution in [2.75, 3.05) is 0 Å². The second-order valence-electron chi connectivity index (χ2n) is 3.77. The highest BCUT2D eigenvalue weighted by molar-refractivity contribution is 5.91. The van der Waals surface area contributed by atoms with Crippen molar-refractivity contribution in [1.82, 2.24) is 0 Å². The van der Waals surface area contributed by atoms with E-state index in [4.69, 9.17) is 4.42 Å². The van der Waals surface area contributed by atoms with E-state index in [0.29, 0.717) is 5.56 Å². The summed E-state index contributed by atoms with van der Waals surface area (Å²) in [4.78, 5) is 11.0. The van der Waals surface area contributed by atoms with Crippen LogP contribution in [0.2, 0.25) is 0 Å². The average molecular weight is 236 g/mol. The highest BCUT2D eigenvalue weighted by Crippen LogP contribution is 2.29. The van der Waals surface area contributed by atoms with Gasteiger partial charge in [0.05, 0.1) is 5.56 Å². The fraction of sp³-hybridized carbons (Fsp3) is 0.154. The van der Waals surface area contributed by atoms with Crippen molar-refractivity contribution in [3.05, 3.63) is 47.2 Å². The van der Waals surface area contributed by atoms with Gasteiger partial charge in [-0.15, -0.1) is 0 Å². The average Bonchev–Trinajstić information content (AvgIpc) is 2.73. The molecule has 1 aromatic heterocycles. The fourth-order valence-electron chi connectivity index (χ4n) is 1.54. The monoisotopic (exact) mass is 236 g/mol. The van der Waals surface area contributed by atoms with Gasteiger partial charge >= 0.3 is 0 Å². The Kier molecular flexibility index (Phi) is 2.79. The number of hydrogen-bond donors (Lipinski definition) is 0. The molecule has 0 spiro atoms. The van der Waals surface area contributed by atoms with Crippen molar-refractivity contribution in [2.24, 2.45) is 0 Å². The van der Waals surface area contributed by atoms with E-state index in [1.54, 1.807) is 0 Å². The fourth-order valence-corrected chi connectivity index (χ4v) is 1.54. The van der Waals surface area contributed by atoms with E-state index in [0.717, 1.165) is 0 Å². The van der Waals surface area contributed by atoms with Gasteiger partial charge in [0.15, 0.2) is 11.5 Å². The maximum atomic E-state index is 13.8. The highest BCUT2D eigenvalue weighted by Gasteiger charge is 2.17. The van der Waals surface area contributed by atoms with E-state index in [-0.39, 0.29) is 22.9 Å². The first kappa shape index (κ1) is 11.5. The number of halogens is 2. The molecule has 0 aliphatic heterocycles. The number of furan rings is 1. The molecule has 0 saturated carbocycles. The summed E-state index contributed by atoms with van der Waals surface area (Å²) in [6.45, 7) is 2.86. The van der Waals surface area contributed by atoms with Crippen LogP contribution in [0.4, 0.5) is 8.78 Å². The summed E-state index contributed by atoms with van der Waals surface area (Å²) in [5.74, 6) is -1.56. The lowest BCUT2D eigenvalue weighted by Crippen LogP contribution is -1.92. The van der Waals surface area contributed by atoms with Crippen LogP contribution in [-0.2, 0) is 0 Å². The van der Waals surface area contributed by atoms with Crippen molar-refractivity contribution in [3.63, 3.8) is 0 Å². The second kappa shape index (κ2) is 4.13. The van der Waals surface area contributed by atoms with Crippen molar-refractivity contribution >= 4 is 5.78 Å². The van der Waals surface area contributed by atoms with Crippen LogP contribution < -0.4 is 0 Å². The van der Waals surface area contributed by atoms with E-state index in [9.17, 15) is 13.6 Å². The van der Waals surface area contributed by atoms with Gasteiger partial charge in [0, 0.05) is 6.92 Å². The van der Waals surface area contributed by atoms with Gasteiger partial charge in [-0.3, -0.25) is 4.79 Å². The SMILES string of the molecule is CC(=O)c1ccc(-c2c(F)ccc(C)c2F)o1. The first-order valence-electron chi connectivity index (χ1n) is 5.06. The molecule has 0 atom stereocenters. The molecule has 0 fully saturated rings. The molecule has 0 amide bonds. The zero-order valence-corrected chi connectivity index (χ0v) is 9.38. The summed E-state index contributed by atoms with van der Waals surface area (Å²) in [6, 6.07) is 5.31. The Hall–Kier alpha value is -1.97. The molecule has 1 aromatic carbocycles. The van der Waals surface area contributed by atoms with Gasteiger partial charge in [0.25, 0.3) is 0 Å². The minimum absolute atomic E-state index is 0.0221. The normalized spacial score (nSPS) is 10.6. The number of hydrogen-bond acceptors (Lipinski definition) is 2. The van der Waals surface area contributed by atoms with Gasteiger partial charge in [-0.05, 0) is 30.7 Å². The highest BCUT2D eigenvalue weighted by atomic mass is 19.1. The molecule has 0 radical (unpaired) electrons. The Labute approximate surface area is 96.9 Å². The van der Waals surface area contributed by atoms with Crippen LogP contribution in [0, 0.1) is 18.6 Å². The standard InChI is InChI=1S/C13H10F2O2/c1-7-3-4-9(14)12(13(7)15)11-6-5-10(17-11)8(2)16/h3-6H,1-2H3. The molecule has 17 heavy (non-hydrogen) atoms.